The zero-order valence-electron chi connectivity index (χ0n) is 23.6. The van der Waals surface area contributed by atoms with E-state index in [4.69, 9.17) is 11.6 Å². The minimum atomic E-state index is -1.48. The Morgan fingerprint density at radius 1 is 0.902 bits per heavy atom. The average Bonchev–Trinajstić information content (AvgIpc) is 3.42. The zero-order chi connectivity index (χ0) is 28.7. The molecule has 1 fully saturated rings. The Morgan fingerprint density at radius 2 is 1.63 bits per heavy atom. The monoisotopic (exact) mass is 567 g/mol. The third kappa shape index (κ3) is 5.11. The van der Waals surface area contributed by atoms with Crippen molar-refractivity contribution in [3.05, 3.63) is 123 Å². The van der Waals surface area contributed by atoms with Crippen LogP contribution < -0.4 is 5.56 Å². The lowest BCUT2D eigenvalue weighted by Crippen LogP contribution is -2.43. The van der Waals surface area contributed by atoms with Crippen molar-refractivity contribution in [3.63, 3.8) is 0 Å². The quantitative estimate of drug-likeness (QED) is 0.324. The van der Waals surface area contributed by atoms with Crippen LogP contribution in [0.15, 0.2) is 90.1 Å². The number of benzene rings is 3. The second kappa shape index (κ2) is 10.9. The number of likely N-dealkylation sites (N-methyl/N-ethyl adjacent to an activating group) is 1. The van der Waals surface area contributed by atoms with Gasteiger partial charge in [0, 0.05) is 63.3 Å². The summed E-state index contributed by atoms with van der Waals surface area (Å²) < 4.78 is 3.48. The van der Waals surface area contributed by atoms with E-state index in [9.17, 15) is 9.90 Å². The molecule has 1 unspecified atom stereocenters. The smallest absolute Gasteiger partial charge is 0.251 e. The summed E-state index contributed by atoms with van der Waals surface area (Å²) in [5.74, 6) is 0. The van der Waals surface area contributed by atoms with Gasteiger partial charge in [-0.1, -0.05) is 54.1 Å². The second-order valence-corrected chi connectivity index (χ2v) is 11.5. The van der Waals surface area contributed by atoms with Crippen molar-refractivity contribution in [2.45, 2.75) is 12.1 Å². The van der Waals surface area contributed by atoms with Gasteiger partial charge in [-0.3, -0.25) is 9.69 Å². The summed E-state index contributed by atoms with van der Waals surface area (Å²) in [6.45, 7) is 5.12. The fourth-order valence-electron chi connectivity index (χ4n) is 5.86. The molecule has 0 amide bonds. The number of imidazole rings is 1. The fraction of sp³-hybridized carbons (Fsp3) is 0.273. The van der Waals surface area contributed by atoms with Crippen molar-refractivity contribution in [2.24, 2.45) is 14.1 Å². The Hall–Kier alpha value is -3.75. The number of aromatic nitrogens is 3. The molecule has 0 saturated carbocycles. The van der Waals surface area contributed by atoms with Crippen molar-refractivity contribution in [1.29, 1.82) is 0 Å². The van der Waals surface area contributed by atoms with E-state index in [1.807, 2.05) is 66.2 Å². The Kier molecular flexibility index (Phi) is 7.30. The predicted octanol–water partition coefficient (Wildman–Crippen LogP) is 4.62. The number of aliphatic hydroxyl groups is 1. The first-order chi connectivity index (χ1) is 19.7. The molecule has 0 radical (unpaired) electrons. The summed E-state index contributed by atoms with van der Waals surface area (Å²) in [6, 6.07) is 23.2. The first-order valence-electron chi connectivity index (χ1n) is 13.8. The molecule has 6 rings (SSSR count). The number of rotatable bonds is 6. The molecule has 1 N–H and O–H groups in total. The van der Waals surface area contributed by atoms with E-state index in [2.05, 4.69) is 34.0 Å². The molecule has 0 spiro atoms. The first kappa shape index (κ1) is 27.4. The lowest BCUT2D eigenvalue weighted by molar-refractivity contribution is 0.117. The van der Waals surface area contributed by atoms with E-state index in [-0.39, 0.29) is 5.56 Å². The highest BCUT2D eigenvalue weighted by Crippen LogP contribution is 2.39. The third-order valence-corrected chi connectivity index (χ3v) is 8.60. The van der Waals surface area contributed by atoms with E-state index >= 15 is 0 Å². The number of aryl methyl sites for hydroxylation is 2. The molecule has 210 valence electrons. The van der Waals surface area contributed by atoms with Gasteiger partial charge in [-0.25, -0.2) is 4.98 Å². The number of fused-ring (bicyclic) bond motifs is 1. The fourth-order valence-corrected chi connectivity index (χ4v) is 6.06. The van der Waals surface area contributed by atoms with Crippen LogP contribution in [0, 0.1) is 0 Å². The average molecular weight is 568 g/mol. The molecule has 1 aliphatic heterocycles. The van der Waals surface area contributed by atoms with Gasteiger partial charge in [0.25, 0.3) is 5.56 Å². The van der Waals surface area contributed by atoms with Crippen LogP contribution in [-0.4, -0.2) is 62.3 Å². The maximum atomic E-state index is 12.9. The van der Waals surface area contributed by atoms with Crippen LogP contribution in [0.1, 0.15) is 22.4 Å². The standard InChI is InChI=1S/C33H34ClN5O2/c1-36-13-15-39(16-14-36)21-23-7-9-25(10-8-23)33(41,31-20-35-22-37(31)2)26-11-12-30-29(18-26)28(19-32(40)38(30)3)24-5-4-6-27(34)17-24/h4-12,17-20,22,41H,13-16,21H2,1-3H3. The summed E-state index contributed by atoms with van der Waals surface area (Å²) in [6.07, 6.45) is 3.41. The molecule has 41 heavy (non-hydrogen) atoms. The topological polar surface area (TPSA) is 66.5 Å². The van der Waals surface area contributed by atoms with Gasteiger partial charge >= 0.3 is 0 Å². The van der Waals surface area contributed by atoms with E-state index < -0.39 is 5.60 Å². The number of nitrogens with zero attached hydrogens (tertiary/aromatic N) is 5. The SMILES string of the molecule is CN1CCN(Cc2ccc(C(O)(c3ccc4c(c3)c(-c3cccc(Cl)c3)cc(=O)n4C)c3cncn3C)cc2)CC1. The van der Waals surface area contributed by atoms with Crippen molar-refractivity contribution in [3.8, 4) is 11.1 Å². The van der Waals surface area contributed by atoms with Gasteiger partial charge in [0.05, 0.1) is 23.7 Å². The van der Waals surface area contributed by atoms with E-state index in [0.717, 1.165) is 60.3 Å². The summed E-state index contributed by atoms with van der Waals surface area (Å²) in [5, 5.41) is 14.1. The number of piperazine rings is 1. The summed E-state index contributed by atoms with van der Waals surface area (Å²) in [7, 11) is 5.81. The van der Waals surface area contributed by atoms with Crippen LogP contribution in [0.3, 0.4) is 0 Å². The van der Waals surface area contributed by atoms with Crippen LogP contribution >= 0.6 is 11.6 Å². The highest BCUT2D eigenvalue weighted by molar-refractivity contribution is 6.30. The molecule has 1 atom stereocenters. The van der Waals surface area contributed by atoms with Crippen LogP contribution in [0.2, 0.25) is 5.02 Å². The second-order valence-electron chi connectivity index (χ2n) is 11.1. The molecule has 7 nitrogen and oxygen atoms in total. The summed E-state index contributed by atoms with van der Waals surface area (Å²) >= 11 is 6.33. The van der Waals surface area contributed by atoms with Gasteiger partial charge in [0.2, 0.25) is 0 Å². The maximum absolute atomic E-state index is 12.9. The summed E-state index contributed by atoms with van der Waals surface area (Å²) in [5.41, 5.74) is 4.08. The molecule has 3 heterocycles. The molecule has 3 aromatic carbocycles. The van der Waals surface area contributed by atoms with Gasteiger partial charge in [-0.05, 0) is 59.1 Å². The molecular weight excluding hydrogens is 534 g/mol. The van der Waals surface area contributed by atoms with Crippen LogP contribution in [0.25, 0.3) is 22.0 Å². The third-order valence-electron chi connectivity index (χ3n) is 8.36. The Morgan fingerprint density at radius 3 is 2.32 bits per heavy atom. The maximum Gasteiger partial charge on any atom is 0.251 e. The minimum absolute atomic E-state index is 0.113. The highest BCUT2D eigenvalue weighted by Gasteiger charge is 2.37. The number of halogens is 1. The molecule has 1 saturated heterocycles. The van der Waals surface area contributed by atoms with Gasteiger partial charge < -0.3 is 19.1 Å². The van der Waals surface area contributed by atoms with Crippen LogP contribution in [-0.2, 0) is 26.2 Å². The first-order valence-corrected chi connectivity index (χ1v) is 14.2. The van der Waals surface area contributed by atoms with Crippen molar-refractivity contribution in [2.75, 3.05) is 33.2 Å². The lowest BCUT2D eigenvalue weighted by atomic mass is 9.82. The van der Waals surface area contributed by atoms with Gasteiger partial charge in [-0.15, -0.1) is 0 Å². The van der Waals surface area contributed by atoms with Crippen molar-refractivity contribution < 1.29 is 5.11 Å². The summed E-state index contributed by atoms with van der Waals surface area (Å²) in [4.78, 5) is 22.1. The predicted molar refractivity (Wildman–Crippen MR) is 164 cm³/mol. The molecule has 8 heteroatoms. The number of hydrogen-bond donors (Lipinski definition) is 1. The minimum Gasteiger partial charge on any atom is -0.374 e. The normalized spacial score (nSPS) is 16.2. The van der Waals surface area contributed by atoms with Gasteiger partial charge in [0.15, 0.2) is 5.60 Å². The molecule has 1 aliphatic rings. The Balaban J connectivity index is 1.48. The van der Waals surface area contributed by atoms with E-state index in [0.29, 0.717) is 16.3 Å². The largest absolute Gasteiger partial charge is 0.374 e. The van der Waals surface area contributed by atoms with Crippen molar-refractivity contribution >= 4 is 22.5 Å². The van der Waals surface area contributed by atoms with Gasteiger partial charge in [0.1, 0.15) is 0 Å². The molecular formula is C33H34ClN5O2. The Bertz CT molecular complexity index is 1770. The molecule has 0 bridgehead atoms. The van der Waals surface area contributed by atoms with E-state index in [1.54, 1.807) is 30.2 Å². The Labute approximate surface area is 244 Å². The van der Waals surface area contributed by atoms with Crippen LogP contribution in [0.4, 0.5) is 0 Å². The van der Waals surface area contributed by atoms with Crippen LogP contribution in [0.5, 0.6) is 0 Å². The molecule has 5 aromatic rings. The highest BCUT2D eigenvalue weighted by atomic mass is 35.5. The number of hydrogen-bond acceptors (Lipinski definition) is 5. The van der Waals surface area contributed by atoms with Gasteiger partial charge in [-0.2, -0.15) is 0 Å². The molecule has 2 aromatic heterocycles. The lowest BCUT2D eigenvalue weighted by Gasteiger charge is -2.33. The van der Waals surface area contributed by atoms with E-state index in [1.165, 1.54) is 5.56 Å². The molecule has 0 aliphatic carbocycles. The van der Waals surface area contributed by atoms with Crippen molar-refractivity contribution in [1.82, 2.24) is 23.9 Å². The number of pyridine rings is 1. The zero-order valence-corrected chi connectivity index (χ0v) is 24.3.